The molecule has 0 fully saturated rings. The average molecular weight is 374 g/mol. The van der Waals surface area contributed by atoms with E-state index < -0.39 is 0 Å². The molecule has 2 amide bonds. The van der Waals surface area contributed by atoms with Crippen LogP contribution in [0.1, 0.15) is 12.5 Å². The van der Waals surface area contributed by atoms with E-state index in [-0.39, 0.29) is 11.8 Å². The van der Waals surface area contributed by atoms with Gasteiger partial charge >= 0.3 is 0 Å². The molecule has 0 saturated heterocycles. The summed E-state index contributed by atoms with van der Waals surface area (Å²) in [4.78, 5) is 27.7. The highest BCUT2D eigenvalue weighted by atomic mass is 35.5. The van der Waals surface area contributed by atoms with Crippen LogP contribution < -0.4 is 9.64 Å². The topological polar surface area (TPSA) is 46.6 Å². The van der Waals surface area contributed by atoms with Crippen molar-refractivity contribution in [3.63, 3.8) is 0 Å². The van der Waals surface area contributed by atoms with Crippen LogP contribution in [-0.2, 0) is 9.59 Å². The first kappa shape index (κ1) is 17.6. The molecule has 0 atom stereocenters. The predicted octanol–water partition coefficient (Wildman–Crippen LogP) is 4.39. The maximum Gasteiger partial charge on any atom is 0.272 e. The maximum absolute atomic E-state index is 13.1. The highest BCUT2D eigenvalue weighted by molar-refractivity contribution is 8.04. The van der Waals surface area contributed by atoms with Crippen molar-refractivity contribution in [2.75, 3.05) is 17.8 Å². The van der Waals surface area contributed by atoms with Gasteiger partial charge in [0, 0.05) is 10.6 Å². The number of imide groups is 1. The third-order valence-electron chi connectivity index (χ3n) is 3.77. The smallest absolute Gasteiger partial charge is 0.272 e. The molecule has 0 aromatic heterocycles. The van der Waals surface area contributed by atoms with Crippen molar-refractivity contribution in [2.24, 2.45) is 0 Å². The van der Waals surface area contributed by atoms with Crippen molar-refractivity contribution in [1.29, 1.82) is 0 Å². The second-order valence-corrected chi connectivity index (χ2v) is 6.97. The van der Waals surface area contributed by atoms with Crippen molar-refractivity contribution >= 4 is 46.4 Å². The van der Waals surface area contributed by atoms with Gasteiger partial charge in [0.05, 0.1) is 23.3 Å². The molecule has 1 heterocycles. The molecule has 0 N–H and O–H groups in total. The second-order valence-electron chi connectivity index (χ2n) is 5.26. The largest absolute Gasteiger partial charge is 0.496 e. The molecule has 0 spiro atoms. The average Bonchev–Trinajstić information content (AvgIpc) is 2.85. The summed E-state index contributed by atoms with van der Waals surface area (Å²) < 4.78 is 5.38. The monoisotopic (exact) mass is 373 g/mol. The number of hydrogen-bond donors (Lipinski definition) is 0. The van der Waals surface area contributed by atoms with Crippen LogP contribution in [-0.4, -0.2) is 24.7 Å². The lowest BCUT2D eigenvalue weighted by atomic mass is 10.0. The molecule has 0 unspecified atom stereocenters. The molecule has 1 aliphatic heterocycles. The van der Waals surface area contributed by atoms with Crippen molar-refractivity contribution < 1.29 is 14.3 Å². The molecule has 0 aliphatic carbocycles. The number of carbonyl (C=O) groups is 2. The maximum atomic E-state index is 13.1. The Morgan fingerprint density at radius 3 is 2.52 bits per heavy atom. The Morgan fingerprint density at radius 1 is 1.08 bits per heavy atom. The van der Waals surface area contributed by atoms with Crippen molar-refractivity contribution in [2.45, 2.75) is 6.92 Å². The van der Waals surface area contributed by atoms with Gasteiger partial charge in [-0.15, -0.1) is 11.8 Å². The summed E-state index contributed by atoms with van der Waals surface area (Å²) in [6.07, 6.45) is 0. The van der Waals surface area contributed by atoms with Gasteiger partial charge in [-0.1, -0.05) is 42.8 Å². The van der Waals surface area contributed by atoms with Gasteiger partial charge in [0.1, 0.15) is 5.75 Å². The SMILES string of the molecule is CCSC1=C(c2ccccc2OC)C(=O)N(c2cccc(Cl)c2)C1=O. The molecule has 128 valence electrons. The lowest BCUT2D eigenvalue weighted by Crippen LogP contribution is -2.31. The van der Waals surface area contributed by atoms with Gasteiger partial charge in [-0.05, 0) is 30.0 Å². The van der Waals surface area contributed by atoms with Crippen LogP contribution in [0.4, 0.5) is 5.69 Å². The number of nitrogens with zero attached hydrogens (tertiary/aromatic N) is 1. The first-order valence-electron chi connectivity index (χ1n) is 7.73. The minimum absolute atomic E-state index is 0.333. The molecule has 6 heteroatoms. The lowest BCUT2D eigenvalue weighted by Gasteiger charge is -2.15. The highest BCUT2D eigenvalue weighted by Crippen LogP contribution is 2.41. The van der Waals surface area contributed by atoms with Crippen LogP contribution in [0.5, 0.6) is 5.75 Å². The van der Waals surface area contributed by atoms with Crippen LogP contribution in [0.2, 0.25) is 5.02 Å². The minimum atomic E-state index is -0.368. The number of halogens is 1. The van der Waals surface area contributed by atoms with E-state index in [1.54, 1.807) is 43.5 Å². The second kappa shape index (κ2) is 7.33. The number of thioether (sulfide) groups is 1. The van der Waals surface area contributed by atoms with Crippen LogP contribution in [0, 0.1) is 0 Å². The van der Waals surface area contributed by atoms with E-state index >= 15 is 0 Å². The molecular weight excluding hydrogens is 358 g/mol. The number of methoxy groups -OCH3 is 1. The molecule has 2 aromatic rings. The zero-order chi connectivity index (χ0) is 18.0. The van der Waals surface area contributed by atoms with Gasteiger partial charge in [0.15, 0.2) is 0 Å². The van der Waals surface area contributed by atoms with Gasteiger partial charge in [0.2, 0.25) is 0 Å². The first-order chi connectivity index (χ1) is 12.1. The number of ether oxygens (including phenoxy) is 1. The minimum Gasteiger partial charge on any atom is -0.496 e. The van der Waals surface area contributed by atoms with Crippen molar-refractivity contribution in [3.8, 4) is 5.75 Å². The van der Waals surface area contributed by atoms with Gasteiger partial charge in [-0.3, -0.25) is 9.59 Å². The van der Waals surface area contributed by atoms with E-state index in [0.717, 1.165) is 0 Å². The predicted molar refractivity (Wildman–Crippen MR) is 102 cm³/mol. The Hall–Kier alpha value is -2.24. The van der Waals surface area contributed by atoms with Crippen molar-refractivity contribution in [3.05, 3.63) is 64.0 Å². The van der Waals surface area contributed by atoms with Gasteiger partial charge in [-0.25, -0.2) is 4.90 Å². The van der Waals surface area contributed by atoms with E-state index in [9.17, 15) is 9.59 Å². The molecule has 0 bridgehead atoms. The summed E-state index contributed by atoms with van der Waals surface area (Å²) in [5.41, 5.74) is 1.44. The van der Waals surface area contributed by atoms with E-state index in [2.05, 4.69) is 0 Å². The standard InChI is InChI=1S/C19H16ClNO3S/c1-3-25-17-16(14-9-4-5-10-15(14)24-2)18(22)21(19(17)23)13-8-6-7-12(20)11-13/h4-11H,3H2,1-2H3. The molecule has 2 aromatic carbocycles. The number of para-hydroxylation sites is 1. The summed E-state index contributed by atoms with van der Waals surface area (Å²) >= 11 is 7.38. The quantitative estimate of drug-likeness (QED) is 0.729. The van der Waals surface area contributed by atoms with Gasteiger partial charge in [0.25, 0.3) is 11.8 Å². The Labute approximate surface area is 155 Å². The molecular formula is C19H16ClNO3S. The molecule has 25 heavy (non-hydrogen) atoms. The Balaban J connectivity index is 2.14. The van der Waals surface area contributed by atoms with Gasteiger partial charge < -0.3 is 4.74 Å². The lowest BCUT2D eigenvalue weighted by molar-refractivity contribution is -0.119. The zero-order valence-electron chi connectivity index (χ0n) is 13.8. The summed E-state index contributed by atoms with van der Waals surface area (Å²) in [7, 11) is 1.54. The van der Waals surface area contributed by atoms with E-state index in [1.807, 2.05) is 19.1 Å². The molecule has 0 radical (unpaired) electrons. The number of anilines is 1. The molecule has 1 aliphatic rings. The van der Waals surface area contributed by atoms with Crippen LogP contribution >= 0.6 is 23.4 Å². The van der Waals surface area contributed by atoms with Crippen molar-refractivity contribution in [1.82, 2.24) is 0 Å². The van der Waals surface area contributed by atoms with E-state index in [1.165, 1.54) is 16.7 Å². The van der Waals surface area contributed by atoms with Crippen LogP contribution in [0.15, 0.2) is 53.4 Å². The normalized spacial score (nSPS) is 14.4. The third-order valence-corrected chi connectivity index (χ3v) is 4.96. The highest BCUT2D eigenvalue weighted by Gasteiger charge is 2.40. The fraction of sp³-hybridized carbons (Fsp3) is 0.158. The number of amides is 2. The first-order valence-corrected chi connectivity index (χ1v) is 9.09. The zero-order valence-corrected chi connectivity index (χ0v) is 15.4. The summed E-state index contributed by atoms with van der Waals surface area (Å²) in [5.74, 6) is 0.532. The number of carbonyl (C=O) groups excluding carboxylic acids is 2. The summed E-state index contributed by atoms with van der Waals surface area (Å²) in [6, 6.07) is 13.9. The van der Waals surface area contributed by atoms with Crippen LogP contribution in [0.25, 0.3) is 5.57 Å². The summed E-state index contributed by atoms with van der Waals surface area (Å²) in [5, 5.41) is 0.466. The summed E-state index contributed by atoms with van der Waals surface area (Å²) in [6.45, 7) is 1.94. The van der Waals surface area contributed by atoms with E-state index in [4.69, 9.17) is 16.3 Å². The number of benzene rings is 2. The molecule has 4 nitrogen and oxygen atoms in total. The van der Waals surface area contributed by atoms with E-state index in [0.29, 0.717) is 38.3 Å². The third kappa shape index (κ3) is 3.17. The Morgan fingerprint density at radius 2 is 1.84 bits per heavy atom. The van der Waals surface area contributed by atoms with Gasteiger partial charge in [-0.2, -0.15) is 0 Å². The van der Waals surface area contributed by atoms with Crippen LogP contribution in [0.3, 0.4) is 0 Å². The Bertz CT molecular complexity index is 878. The number of rotatable bonds is 5. The fourth-order valence-electron chi connectivity index (χ4n) is 2.73. The fourth-order valence-corrected chi connectivity index (χ4v) is 3.76. The number of hydrogen-bond acceptors (Lipinski definition) is 4. The molecule has 3 rings (SSSR count). The Kier molecular flexibility index (Phi) is 5.16. The molecule has 0 saturated carbocycles.